The average Bonchev–Trinajstić information content (AvgIpc) is 2.98. The van der Waals surface area contributed by atoms with E-state index in [1.165, 1.54) is 40.5 Å². The van der Waals surface area contributed by atoms with Crippen LogP contribution >= 0.6 is 11.3 Å². The molecular weight excluding hydrogens is 332 g/mol. The van der Waals surface area contributed by atoms with Gasteiger partial charge in [0, 0.05) is 11.7 Å². The van der Waals surface area contributed by atoms with Crippen LogP contribution in [0.3, 0.4) is 0 Å². The Balaban J connectivity index is 1.62. The van der Waals surface area contributed by atoms with Crippen molar-refractivity contribution in [3.63, 3.8) is 0 Å². The predicted octanol–water partition coefficient (Wildman–Crippen LogP) is 4.33. The van der Waals surface area contributed by atoms with Crippen LogP contribution < -0.4 is 4.74 Å². The maximum atomic E-state index is 13.5. The first-order chi connectivity index (χ1) is 11.5. The minimum Gasteiger partial charge on any atom is -0.489 e. The average molecular weight is 347 g/mol. The van der Waals surface area contributed by atoms with E-state index in [1.54, 1.807) is 31.3 Å². The van der Waals surface area contributed by atoms with Crippen LogP contribution in [0.2, 0.25) is 0 Å². The van der Waals surface area contributed by atoms with Crippen molar-refractivity contribution in [3.05, 3.63) is 65.0 Å². The van der Waals surface area contributed by atoms with E-state index >= 15 is 0 Å². The number of ether oxygens (including phenoxy) is 1. The van der Waals surface area contributed by atoms with E-state index in [9.17, 15) is 13.6 Å². The van der Waals surface area contributed by atoms with Crippen LogP contribution in [0, 0.1) is 11.6 Å². The van der Waals surface area contributed by atoms with Gasteiger partial charge in [0.2, 0.25) is 0 Å². The molecule has 2 aromatic carbocycles. The number of para-hydroxylation sites is 1. The van der Waals surface area contributed by atoms with E-state index in [4.69, 9.17) is 4.74 Å². The molecule has 0 atom stereocenters. The second-order valence-electron chi connectivity index (χ2n) is 5.30. The molecule has 0 fully saturated rings. The van der Waals surface area contributed by atoms with Gasteiger partial charge < -0.3 is 9.64 Å². The molecule has 3 nitrogen and oxygen atoms in total. The zero-order valence-electron chi connectivity index (χ0n) is 13.0. The zero-order chi connectivity index (χ0) is 17.1. The van der Waals surface area contributed by atoms with Crippen molar-refractivity contribution in [2.45, 2.75) is 0 Å². The van der Waals surface area contributed by atoms with Gasteiger partial charge in [-0.15, -0.1) is 11.3 Å². The van der Waals surface area contributed by atoms with Crippen molar-refractivity contribution >= 4 is 27.3 Å². The number of hydrogen-bond acceptors (Lipinski definition) is 3. The molecule has 1 aromatic heterocycles. The minimum absolute atomic E-state index is 0.163. The van der Waals surface area contributed by atoms with Gasteiger partial charge in [-0.3, -0.25) is 4.79 Å². The summed E-state index contributed by atoms with van der Waals surface area (Å²) < 4.78 is 32.9. The number of fused-ring (bicyclic) bond motifs is 1. The number of carbonyl (C=O) groups is 1. The van der Waals surface area contributed by atoms with E-state index < -0.39 is 5.82 Å². The van der Waals surface area contributed by atoms with Crippen molar-refractivity contribution in [3.8, 4) is 5.75 Å². The highest BCUT2D eigenvalue weighted by Crippen LogP contribution is 2.27. The smallest absolute Gasteiger partial charge is 0.263 e. The van der Waals surface area contributed by atoms with Gasteiger partial charge in [-0.1, -0.05) is 12.1 Å². The normalized spacial score (nSPS) is 10.8. The standard InChI is InChI=1S/C18H15F2NO2S/c1-21(8-9-23-15-5-3-2-4-14(15)20)18(22)17-11-12-10-13(19)6-7-16(12)24-17/h2-7,10-11H,8-9H2,1H3. The van der Waals surface area contributed by atoms with Crippen LogP contribution in [0.5, 0.6) is 5.75 Å². The molecule has 124 valence electrons. The quantitative estimate of drug-likeness (QED) is 0.687. The first-order valence-corrected chi connectivity index (χ1v) is 8.18. The van der Waals surface area contributed by atoms with Crippen molar-refractivity contribution in [2.24, 2.45) is 0 Å². The molecule has 3 rings (SSSR count). The Kier molecular flexibility index (Phi) is 4.76. The van der Waals surface area contributed by atoms with E-state index in [0.29, 0.717) is 16.8 Å². The summed E-state index contributed by atoms with van der Waals surface area (Å²) in [6, 6.07) is 12.2. The molecule has 0 spiro atoms. The second kappa shape index (κ2) is 6.97. The predicted molar refractivity (Wildman–Crippen MR) is 90.6 cm³/mol. The fourth-order valence-electron chi connectivity index (χ4n) is 2.26. The Morgan fingerprint density at radius 3 is 2.75 bits per heavy atom. The van der Waals surface area contributed by atoms with Gasteiger partial charge in [-0.25, -0.2) is 8.78 Å². The summed E-state index contributed by atoms with van der Waals surface area (Å²) in [7, 11) is 1.65. The van der Waals surface area contributed by atoms with Crippen molar-refractivity contribution in [2.75, 3.05) is 20.2 Å². The summed E-state index contributed by atoms with van der Waals surface area (Å²) in [4.78, 5) is 14.5. The third kappa shape index (κ3) is 3.54. The highest BCUT2D eigenvalue weighted by Gasteiger charge is 2.15. The summed E-state index contributed by atoms with van der Waals surface area (Å²) in [6.07, 6.45) is 0. The Morgan fingerprint density at radius 2 is 1.96 bits per heavy atom. The number of hydrogen-bond donors (Lipinski definition) is 0. The molecule has 0 unspecified atom stereocenters. The van der Waals surface area contributed by atoms with Gasteiger partial charge in [0.05, 0.1) is 11.4 Å². The Morgan fingerprint density at radius 1 is 1.17 bits per heavy atom. The first kappa shape index (κ1) is 16.4. The van der Waals surface area contributed by atoms with Crippen LogP contribution in [0.1, 0.15) is 9.67 Å². The lowest BCUT2D eigenvalue weighted by Crippen LogP contribution is -2.30. The summed E-state index contributed by atoms with van der Waals surface area (Å²) in [5.41, 5.74) is 0. The van der Waals surface area contributed by atoms with Crippen LogP contribution in [-0.2, 0) is 0 Å². The molecule has 0 saturated carbocycles. The molecule has 0 N–H and O–H groups in total. The Hall–Kier alpha value is -2.47. The summed E-state index contributed by atoms with van der Waals surface area (Å²) >= 11 is 1.32. The number of amides is 1. The van der Waals surface area contributed by atoms with Crippen molar-refractivity contribution < 1.29 is 18.3 Å². The minimum atomic E-state index is -0.432. The zero-order valence-corrected chi connectivity index (χ0v) is 13.8. The number of carbonyl (C=O) groups excluding carboxylic acids is 1. The number of thiophene rings is 1. The van der Waals surface area contributed by atoms with Gasteiger partial charge >= 0.3 is 0 Å². The van der Waals surface area contributed by atoms with Gasteiger partial charge in [-0.2, -0.15) is 0 Å². The maximum Gasteiger partial charge on any atom is 0.263 e. The first-order valence-electron chi connectivity index (χ1n) is 7.36. The van der Waals surface area contributed by atoms with Gasteiger partial charge in [-0.05, 0) is 41.8 Å². The number of rotatable bonds is 5. The molecular formula is C18H15F2NO2S. The van der Waals surface area contributed by atoms with E-state index in [2.05, 4.69) is 0 Å². The second-order valence-corrected chi connectivity index (χ2v) is 6.38. The molecule has 1 heterocycles. The lowest BCUT2D eigenvalue weighted by atomic mass is 10.2. The van der Waals surface area contributed by atoms with Crippen LogP contribution in [0.15, 0.2) is 48.5 Å². The molecule has 0 saturated heterocycles. The summed E-state index contributed by atoms with van der Waals surface area (Å²) in [6.45, 7) is 0.498. The fourth-order valence-corrected chi connectivity index (χ4v) is 3.30. The van der Waals surface area contributed by atoms with Crippen LogP contribution in [0.25, 0.3) is 10.1 Å². The molecule has 1 amide bonds. The molecule has 6 heteroatoms. The summed E-state index contributed by atoms with van der Waals surface area (Å²) in [5, 5.41) is 0.708. The fraction of sp³-hybridized carbons (Fsp3) is 0.167. The van der Waals surface area contributed by atoms with E-state index in [-0.39, 0.29) is 24.1 Å². The largest absolute Gasteiger partial charge is 0.489 e. The molecule has 0 aliphatic carbocycles. The van der Waals surface area contributed by atoms with Crippen molar-refractivity contribution in [1.29, 1.82) is 0 Å². The van der Waals surface area contributed by atoms with Gasteiger partial charge in [0.15, 0.2) is 11.6 Å². The SMILES string of the molecule is CN(CCOc1ccccc1F)C(=O)c1cc2cc(F)ccc2s1. The topological polar surface area (TPSA) is 29.5 Å². The van der Waals surface area contributed by atoms with Crippen molar-refractivity contribution in [1.82, 2.24) is 4.90 Å². The van der Waals surface area contributed by atoms with E-state index in [1.807, 2.05) is 0 Å². The third-order valence-corrected chi connectivity index (χ3v) is 4.66. The lowest BCUT2D eigenvalue weighted by molar-refractivity contribution is 0.0777. The van der Waals surface area contributed by atoms with Gasteiger partial charge in [0.1, 0.15) is 12.4 Å². The molecule has 0 aliphatic rings. The highest BCUT2D eigenvalue weighted by atomic mass is 32.1. The lowest BCUT2D eigenvalue weighted by Gasteiger charge is -2.16. The van der Waals surface area contributed by atoms with E-state index in [0.717, 1.165) is 4.70 Å². The maximum absolute atomic E-state index is 13.5. The highest BCUT2D eigenvalue weighted by molar-refractivity contribution is 7.20. The monoisotopic (exact) mass is 347 g/mol. The Bertz CT molecular complexity index is 878. The molecule has 0 bridgehead atoms. The molecule has 3 aromatic rings. The Labute approximate surface area is 142 Å². The summed E-state index contributed by atoms with van der Waals surface area (Å²) in [5.74, 6) is -0.770. The molecule has 0 radical (unpaired) electrons. The number of benzene rings is 2. The van der Waals surface area contributed by atoms with Gasteiger partial charge in [0.25, 0.3) is 5.91 Å². The number of nitrogens with zero attached hydrogens (tertiary/aromatic N) is 1. The van der Waals surface area contributed by atoms with Crippen LogP contribution in [0.4, 0.5) is 8.78 Å². The molecule has 0 aliphatic heterocycles. The third-order valence-electron chi connectivity index (χ3n) is 3.56. The number of likely N-dealkylation sites (N-methyl/N-ethyl adjacent to an activating group) is 1. The van der Waals surface area contributed by atoms with Crippen LogP contribution in [-0.4, -0.2) is 31.0 Å². The molecule has 24 heavy (non-hydrogen) atoms. The number of halogens is 2.